The number of para-hydroxylation sites is 1. The molecule has 29 heavy (non-hydrogen) atoms. The number of benzene rings is 3. The maximum atomic E-state index is 12.4. The zero-order valence-corrected chi connectivity index (χ0v) is 16.9. The first kappa shape index (κ1) is 20.5. The molecule has 1 amide bonds. The van der Waals surface area contributed by atoms with Crippen LogP contribution >= 0.6 is 0 Å². The Kier molecular flexibility index (Phi) is 7.28. The smallest absolute Gasteiger partial charge is 0.251 e. The fourth-order valence-corrected chi connectivity index (χ4v) is 2.98. The van der Waals surface area contributed by atoms with Crippen molar-refractivity contribution in [1.29, 1.82) is 0 Å². The quantitative estimate of drug-likeness (QED) is 0.512. The number of ether oxygens (including phenoxy) is 2. The Morgan fingerprint density at radius 1 is 0.897 bits per heavy atom. The third-order valence-corrected chi connectivity index (χ3v) is 4.53. The van der Waals surface area contributed by atoms with Crippen LogP contribution in [0.15, 0.2) is 78.9 Å². The summed E-state index contributed by atoms with van der Waals surface area (Å²) < 4.78 is 11.7. The van der Waals surface area contributed by atoms with Crippen LogP contribution in [0.2, 0.25) is 0 Å². The van der Waals surface area contributed by atoms with E-state index < -0.39 is 0 Å². The fourth-order valence-electron chi connectivity index (χ4n) is 2.98. The van der Waals surface area contributed by atoms with E-state index in [1.165, 1.54) is 5.56 Å². The molecule has 0 aromatic heterocycles. The summed E-state index contributed by atoms with van der Waals surface area (Å²) >= 11 is 0. The topological polar surface area (TPSA) is 47.6 Å². The van der Waals surface area contributed by atoms with E-state index in [4.69, 9.17) is 9.47 Å². The average molecular weight is 389 g/mol. The van der Waals surface area contributed by atoms with Crippen LogP contribution in [0.25, 0.3) is 0 Å². The van der Waals surface area contributed by atoms with E-state index in [-0.39, 0.29) is 5.91 Å². The van der Waals surface area contributed by atoms with Gasteiger partial charge in [-0.05, 0) is 41.3 Å². The minimum atomic E-state index is -0.143. The first-order chi connectivity index (χ1) is 14.1. The lowest BCUT2D eigenvalue weighted by Gasteiger charge is -2.14. The summed E-state index contributed by atoms with van der Waals surface area (Å²) in [4.78, 5) is 12.4. The fraction of sp³-hybridized carbons (Fsp3) is 0.240. The molecule has 150 valence electrons. The molecule has 0 aliphatic carbocycles. The number of carbonyl (C=O) groups excluding carboxylic acids is 1. The monoisotopic (exact) mass is 389 g/mol. The second-order valence-electron chi connectivity index (χ2n) is 7.10. The molecule has 3 aromatic carbocycles. The average Bonchev–Trinajstić information content (AvgIpc) is 2.76. The van der Waals surface area contributed by atoms with E-state index in [0.717, 1.165) is 11.3 Å². The third-order valence-electron chi connectivity index (χ3n) is 4.53. The predicted molar refractivity (Wildman–Crippen MR) is 116 cm³/mol. The van der Waals surface area contributed by atoms with Crippen LogP contribution in [0.5, 0.6) is 11.5 Å². The van der Waals surface area contributed by atoms with E-state index in [1.54, 1.807) is 12.1 Å². The summed E-state index contributed by atoms with van der Waals surface area (Å²) in [7, 11) is 0. The molecule has 0 saturated carbocycles. The van der Waals surface area contributed by atoms with Crippen molar-refractivity contribution in [2.24, 2.45) is 0 Å². The minimum Gasteiger partial charge on any atom is -0.491 e. The van der Waals surface area contributed by atoms with Crippen molar-refractivity contribution in [2.45, 2.75) is 26.4 Å². The highest BCUT2D eigenvalue weighted by molar-refractivity contribution is 5.94. The van der Waals surface area contributed by atoms with Crippen LogP contribution in [0, 0.1) is 0 Å². The largest absolute Gasteiger partial charge is 0.491 e. The maximum absolute atomic E-state index is 12.4. The van der Waals surface area contributed by atoms with Gasteiger partial charge in [-0.2, -0.15) is 0 Å². The second-order valence-corrected chi connectivity index (χ2v) is 7.10. The van der Waals surface area contributed by atoms with Crippen molar-refractivity contribution in [2.75, 3.05) is 13.2 Å². The van der Waals surface area contributed by atoms with Crippen molar-refractivity contribution in [1.82, 2.24) is 5.32 Å². The lowest BCUT2D eigenvalue weighted by atomic mass is 10.0. The number of amides is 1. The molecule has 0 aliphatic rings. The molecule has 0 heterocycles. The van der Waals surface area contributed by atoms with Gasteiger partial charge in [-0.15, -0.1) is 0 Å². The van der Waals surface area contributed by atoms with Gasteiger partial charge in [0.05, 0.1) is 6.54 Å². The molecule has 0 fully saturated rings. The standard InChI is InChI=1S/C25H27NO3/c1-19(2)23-13-6-7-14-24(23)28-16-15-26-25(27)21-11-8-12-22(17-21)29-18-20-9-4-3-5-10-20/h3-14,17,19H,15-16,18H2,1-2H3,(H,26,27). The van der Waals surface area contributed by atoms with Crippen molar-refractivity contribution < 1.29 is 14.3 Å². The summed E-state index contributed by atoms with van der Waals surface area (Å²) in [5.41, 5.74) is 2.82. The molecule has 0 unspecified atom stereocenters. The summed E-state index contributed by atoms with van der Waals surface area (Å²) in [6, 6.07) is 25.2. The Morgan fingerprint density at radius 2 is 1.66 bits per heavy atom. The summed E-state index contributed by atoms with van der Waals surface area (Å²) in [5.74, 6) is 1.78. The SMILES string of the molecule is CC(C)c1ccccc1OCCNC(=O)c1cccc(OCc2ccccc2)c1. The molecule has 4 nitrogen and oxygen atoms in total. The van der Waals surface area contributed by atoms with Crippen LogP contribution < -0.4 is 14.8 Å². The molecular weight excluding hydrogens is 362 g/mol. The molecule has 0 radical (unpaired) electrons. The highest BCUT2D eigenvalue weighted by Crippen LogP contribution is 2.25. The molecule has 0 saturated heterocycles. The maximum Gasteiger partial charge on any atom is 0.251 e. The van der Waals surface area contributed by atoms with Gasteiger partial charge in [0.1, 0.15) is 24.7 Å². The van der Waals surface area contributed by atoms with Crippen molar-refractivity contribution in [3.8, 4) is 11.5 Å². The molecule has 0 aliphatic heterocycles. The van der Waals surface area contributed by atoms with Gasteiger partial charge >= 0.3 is 0 Å². The summed E-state index contributed by atoms with van der Waals surface area (Å²) in [6.07, 6.45) is 0. The molecule has 4 heteroatoms. The molecule has 0 atom stereocenters. The van der Waals surface area contributed by atoms with Crippen LogP contribution in [0.3, 0.4) is 0 Å². The van der Waals surface area contributed by atoms with E-state index in [9.17, 15) is 4.79 Å². The Hall–Kier alpha value is -3.27. The van der Waals surface area contributed by atoms with Gasteiger partial charge in [-0.3, -0.25) is 4.79 Å². The lowest BCUT2D eigenvalue weighted by Crippen LogP contribution is -2.28. The van der Waals surface area contributed by atoms with Crippen molar-refractivity contribution in [3.63, 3.8) is 0 Å². The summed E-state index contributed by atoms with van der Waals surface area (Å²) in [5, 5.41) is 2.90. The molecule has 0 bridgehead atoms. The first-order valence-electron chi connectivity index (χ1n) is 9.90. The Labute approximate surface area is 172 Å². The van der Waals surface area contributed by atoms with Gasteiger partial charge in [0.2, 0.25) is 0 Å². The van der Waals surface area contributed by atoms with Crippen molar-refractivity contribution >= 4 is 5.91 Å². The van der Waals surface area contributed by atoms with E-state index in [0.29, 0.717) is 37.0 Å². The first-order valence-corrected chi connectivity index (χ1v) is 9.90. The number of rotatable bonds is 9. The van der Waals surface area contributed by atoms with E-state index in [2.05, 4.69) is 25.2 Å². The van der Waals surface area contributed by atoms with E-state index >= 15 is 0 Å². The zero-order chi connectivity index (χ0) is 20.5. The van der Waals surface area contributed by atoms with Crippen LogP contribution in [0.1, 0.15) is 41.3 Å². The van der Waals surface area contributed by atoms with Gasteiger partial charge in [-0.25, -0.2) is 0 Å². The number of hydrogen-bond acceptors (Lipinski definition) is 3. The molecule has 0 spiro atoms. The van der Waals surface area contributed by atoms with E-state index in [1.807, 2.05) is 60.7 Å². The minimum absolute atomic E-state index is 0.143. The molecular formula is C25H27NO3. The Balaban J connectivity index is 1.48. The summed E-state index contributed by atoms with van der Waals surface area (Å²) in [6.45, 7) is 5.59. The Bertz CT molecular complexity index is 922. The number of hydrogen-bond donors (Lipinski definition) is 1. The number of nitrogens with one attached hydrogen (secondary N) is 1. The predicted octanol–water partition coefficient (Wildman–Crippen LogP) is 5.20. The van der Waals surface area contributed by atoms with Gasteiger partial charge in [0.15, 0.2) is 0 Å². The van der Waals surface area contributed by atoms with Gasteiger partial charge in [0.25, 0.3) is 5.91 Å². The second kappa shape index (κ2) is 10.3. The Morgan fingerprint density at radius 3 is 2.45 bits per heavy atom. The van der Waals surface area contributed by atoms with Crippen LogP contribution in [0.4, 0.5) is 0 Å². The highest BCUT2D eigenvalue weighted by atomic mass is 16.5. The van der Waals surface area contributed by atoms with Gasteiger partial charge in [-0.1, -0.05) is 68.4 Å². The zero-order valence-electron chi connectivity index (χ0n) is 16.9. The third kappa shape index (κ3) is 6.11. The normalized spacial score (nSPS) is 10.6. The lowest BCUT2D eigenvalue weighted by molar-refractivity contribution is 0.0946. The van der Waals surface area contributed by atoms with Crippen molar-refractivity contribution in [3.05, 3.63) is 95.6 Å². The van der Waals surface area contributed by atoms with Crippen LogP contribution in [-0.2, 0) is 6.61 Å². The molecule has 3 aromatic rings. The highest BCUT2D eigenvalue weighted by Gasteiger charge is 2.09. The van der Waals surface area contributed by atoms with Gasteiger partial charge < -0.3 is 14.8 Å². The van der Waals surface area contributed by atoms with Gasteiger partial charge in [0, 0.05) is 5.56 Å². The molecule has 1 N–H and O–H groups in total. The van der Waals surface area contributed by atoms with Crippen LogP contribution in [-0.4, -0.2) is 19.1 Å². The number of carbonyl (C=O) groups is 1. The molecule has 3 rings (SSSR count).